The molecule has 0 spiro atoms. The second-order valence-corrected chi connectivity index (χ2v) is 30.5. The van der Waals surface area contributed by atoms with Crippen molar-refractivity contribution < 1.29 is 110 Å². The van der Waals surface area contributed by atoms with Crippen LogP contribution in [0.3, 0.4) is 0 Å². The van der Waals surface area contributed by atoms with E-state index in [1.165, 1.54) is 103 Å². The summed E-state index contributed by atoms with van der Waals surface area (Å²) in [5.41, 5.74) is 34.4. The van der Waals surface area contributed by atoms with Gasteiger partial charge in [0.05, 0.1) is 5.76 Å². The Hall–Kier alpha value is -12.9. The van der Waals surface area contributed by atoms with Crippen molar-refractivity contribution in [1.82, 2.24) is 39.9 Å². The summed E-state index contributed by atoms with van der Waals surface area (Å²) < 4.78 is 0. The first-order valence-electron chi connectivity index (χ1n) is 42.7. The fourth-order valence-electron chi connectivity index (χ4n) is 13.1. The number of allylic oxidation sites excluding steroid dienone is 2. The van der Waals surface area contributed by atoms with E-state index in [2.05, 4.69) is 235 Å². The molecule has 0 saturated heterocycles. The van der Waals surface area contributed by atoms with E-state index < -0.39 is 0 Å². The minimum Gasteiger partial charge on any atom is -0.512 e. The summed E-state index contributed by atoms with van der Waals surface area (Å²) in [6.07, 6.45) is 16.1. The third-order valence-electron chi connectivity index (χ3n) is 19.7. The molecule has 19 aromatic rings. The topological polar surface area (TPSA) is 140 Å². The van der Waals surface area contributed by atoms with Gasteiger partial charge in [-0.25, -0.2) is 0 Å². The van der Waals surface area contributed by atoms with Crippen LogP contribution in [0.5, 0.6) is 0 Å². The Balaban J connectivity index is 0.000000235. The maximum absolute atomic E-state index is 10.0. The number of hydrogen-bond acceptors (Lipinski definition) is 10. The smallest absolute Gasteiger partial charge is 0.155 e. The van der Waals surface area contributed by atoms with Crippen LogP contribution in [0.2, 0.25) is 0 Å². The van der Waals surface area contributed by atoms with Crippen molar-refractivity contribution in [3.8, 4) is 123 Å². The zero-order chi connectivity index (χ0) is 91.4. The summed E-state index contributed by atoms with van der Waals surface area (Å²) >= 11 is 0. The number of aliphatic hydroxyl groups is 1. The van der Waals surface area contributed by atoms with E-state index in [4.69, 9.17) is 5.11 Å². The number of aryl methyl sites for hydroxylation is 9. The second kappa shape index (κ2) is 60.4. The molecule has 1 N–H and O–H groups in total. The number of aliphatic hydroxyl groups excluding tert-OH is 1. The third kappa shape index (κ3) is 37.5. The van der Waals surface area contributed by atoms with Gasteiger partial charge in [-0.2, -0.15) is 0 Å². The van der Waals surface area contributed by atoms with Crippen LogP contribution in [0, 0.1) is 111 Å². The van der Waals surface area contributed by atoms with Crippen molar-refractivity contribution in [3.05, 3.63) is 518 Å². The van der Waals surface area contributed by atoms with Crippen LogP contribution in [0.1, 0.15) is 63.9 Å². The van der Waals surface area contributed by atoms with Gasteiger partial charge in [-0.1, -0.05) is 204 Å². The molecule has 0 aliphatic rings. The largest absolute Gasteiger partial charge is 0.512 e. The molecule has 0 amide bonds. The quantitative estimate of drug-likeness (QED) is 0.0714. The Morgan fingerprint density at radius 3 is 0.726 bits per heavy atom. The molecule has 19 rings (SSSR count). The van der Waals surface area contributed by atoms with Crippen molar-refractivity contribution in [2.45, 2.75) is 76.2 Å². The first-order valence-corrected chi connectivity index (χ1v) is 42.7. The van der Waals surface area contributed by atoms with E-state index in [1.807, 2.05) is 299 Å². The molecular weight excluding hydrogens is 2550 g/mol. The molecule has 0 unspecified atom stereocenters. The fraction of sp³-hybridized carbons (Fsp3) is 0.0917. The van der Waals surface area contributed by atoms with Crippen molar-refractivity contribution in [2.75, 3.05) is 0 Å². The molecular formula is C120H102Ir5N8O2-8. The molecule has 0 aliphatic heterocycles. The average molecular weight is 2650 g/mol. The van der Waals surface area contributed by atoms with E-state index in [1.54, 1.807) is 24.8 Å². The molecule has 0 fully saturated rings. The van der Waals surface area contributed by atoms with Gasteiger partial charge in [0.15, 0.2) is 5.78 Å². The number of pyridine rings is 8. The Bertz CT molecular complexity index is 5980. The Kier molecular flexibility index (Phi) is 49.5. The molecule has 0 saturated carbocycles. The van der Waals surface area contributed by atoms with Crippen molar-refractivity contribution in [2.24, 2.45) is 0 Å². The van der Waals surface area contributed by atoms with Gasteiger partial charge in [0, 0.05) is 173 Å². The van der Waals surface area contributed by atoms with E-state index in [9.17, 15) is 4.79 Å². The van der Waals surface area contributed by atoms with E-state index in [0.29, 0.717) is 0 Å². The second-order valence-electron chi connectivity index (χ2n) is 30.5. The van der Waals surface area contributed by atoms with Gasteiger partial charge in [0.1, 0.15) is 0 Å². The molecule has 5 radical (unpaired) electrons. The summed E-state index contributed by atoms with van der Waals surface area (Å²) in [5, 5.41) is 8.36. The van der Waals surface area contributed by atoms with Gasteiger partial charge in [-0.05, 0) is 150 Å². The molecule has 687 valence electrons. The molecule has 8 heterocycles. The normalized spacial score (nSPS) is 9.84. The molecule has 0 aliphatic carbocycles. The zero-order valence-corrected chi connectivity index (χ0v) is 88.8. The number of carbonyl (C=O) groups excluding carboxylic acids is 1. The van der Waals surface area contributed by atoms with Crippen LogP contribution >= 0.6 is 0 Å². The first-order chi connectivity index (χ1) is 63.4. The predicted octanol–water partition coefficient (Wildman–Crippen LogP) is 29.2. The third-order valence-corrected chi connectivity index (χ3v) is 19.7. The number of carbonyl (C=O) groups is 1. The van der Waals surface area contributed by atoms with Crippen molar-refractivity contribution in [3.63, 3.8) is 0 Å². The van der Waals surface area contributed by atoms with Gasteiger partial charge in [0.25, 0.3) is 0 Å². The Labute approximate surface area is 865 Å². The average Bonchev–Trinajstić information content (AvgIpc) is 0.825. The maximum atomic E-state index is 10.0. The van der Waals surface area contributed by atoms with Gasteiger partial charge < -0.3 is 45.0 Å². The van der Waals surface area contributed by atoms with E-state index >= 15 is 0 Å². The van der Waals surface area contributed by atoms with Gasteiger partial charge in [-0.3, -0.25) is 4.79 Å². The van der Waals surface area contributed by atoms with E-state index in [-0.39, 0.29) is 112 Å². The number of rotatable bonds is 12. The summed E-state index contributed by atoms with van der Waals surface area (Å²) in [5.74, 6) is -0.0625. The summed E-state index contributed by atoms with van der Waals surface area (Å²) in [4.78, 5) is 45.1. The van der Waals surface area contributed by atoms with Crippen LogP contribution in [0.15, 0.2) is 419 Å². The molecule has 8 aromatic heterocycles. The Morgan fingerprint density at radius 1 is 0.237 bits per heavy atom. The number of benzene rings is 11. The predicted molar refractivity (Wildman–Crippen MR) is 534 cm³/mol. The van der Waals surface area contributed by atoms with Gasteiger partial charge in [0.2, 0.25) is 0 Å². The van der Waals surface area contributed by atoms with Crippen LogP contribution in [-0.2, 0) is 105 Å². The number of ketones is 1. The van der Waals surface area contributed by atoms with Gasteiger partial charge in [-0.15, -0.1) is 285 Å². The summed E-state index contributed by atoms with van der Waals surface area (Å²) in [6, 6.07) is 145. The monoisotopic (exact) mass is 2650 g/mol. The van der Waals surface area contributed by atoms with Gasteiger partial charge >= 0.3 is 0 Å². The summed E-state index contributed by atoms with van der Waals surface area (Å²) in [7, 11) is 0. The molecule has 11 aromatic carbocycles. The Morgan fingerprint density at radius 2 is 0.504 bits per heavy atom. The number of nitrogens with zero attached hydrogens (tertiary/aromatic N) is 8. The first kappa shape index (κ1) is 111. The van der Waals surface area contributed by atoms with Crippen LogP contribution in [0.4, 0.5) is 0 Å². The van der Waals surface area contributed by atoms with Crippen molar-refractivity contribution in [1.29, 1.82) is 0 Å². The molecule has 10 nitrogen and oxygen atoms in total. The van der Waals surface area contributed by atoms with Crippen LogP contribution in [0.25, 0.3) is 123 Å². The molecule has 15 heteroatoms. The SMILES string of the molecule is CC(=O)C=C(C)O.Cc1c[c-]c(-c2ccc(C)cn2)cc1.Cc1cc(-c2[c-]cccc2)ncc1-c1ccccc1.Cc1cc(-c2[c-]cccc2)ncc1-c1ccccc1.Cc1cc(-c2[c-]cccc2)ncc1-c1ccccc1.Cc1cc[c-]c(-c2ccccn2)c1.Cc1cc[c-]c(-c2ccccn2)c1.Cc1cc[c-]c(-c2ccccn2)c1.Cc1cc[c-]c(-c2ccccn2)c1.[Ir].[Ir].[Ir].[Ir].[Ir]. The molecule has 135 heavy (non-hydrogen) atoms. The van der Waals surface area contributed by atoms with Crippen LogP contribution < -0.4 is 0 Å². The standard InChI is InChI=1S/3C18H14N.C13H12N.4C12H10N.C5H8O2.5Ir/c3*1-14-12-18(16-10-6-3-7-11-16)19-13-17(14)15-8-4-2-5-9-15;1-10-3-6-12(7-4-10)13-8-5-11(2)9-14-13;4*1-10-5-4-6-11(9-10)12-7-2-3-8-13-12;1-4(6)3-5(2)7;;;;;/h3*2-10,12-13H,1H3;3-6,8-9H,1-2H3;4*2-5,7-9H,1H3;3,6H,1-2H3;;;;;/q8*-1;;;;;;. The van der Waals surface area contributed by atoms with Crippen molar-refractivity contribution >= 4 is 5.78 Å². The minimum absolute atomic E-state index is 0. The number of aromatic nitrogens is 8. The minimum atomic E-state index is -0.125. The fourth-order valence-corrected chi connectivity index (χ4v) is 13.1. The maximum Gasteiger partial charge on any atom is 0.155 e. The molecule has 0 bridgehead atoms. The number of hydrogen-bond donors (Lipinski definition) is 1. The van der Waals surface area contributed by atoms with E-state index in [0.717, 1.165) is 90.1 Å². The zero-order valence-electron chi connectivity index (χ0n) is 76.9. The summed E-state index contributed by atoms with van der Waals surface area (Å²) in [6.45, 7) is 21.6. The van der Waals surface area contributed by atoms with Crippen LogP contribution in [-0.4, -0.2) is 50.8 Å². The molecule has 0 atom stereocenters.